The summed E-state index contributed by atoms with van der Waals surface area (Å²) in [5, 5.41) is 1.99. The molecule has 0 spiro atoms. The second-order valence-electron chi connectivity index (χ2n) is 5.38. The van der Waals surface area contributed by atoms with Gasteiger partial charge < -0.3 is 9.80 Å². The predicted molar refractivity (Wildman–Crippen MR) is 74.0 cm³/mol. The van der Waals surface area contributed by atoms with E-state index in [0.29, 0.717) is 12.1 Å². The average Bonchev–Trinajstić information content (AvgIpc) is 3.09. The largest absolute Gasteiger partial charge is 0.333 e. The van der Waals surface area contributed by atoms with Gasteiger partial charge in [0.15, 0.2) is 0 Å². The minimum absolute atomic E-state index is 0.243. The summed E-state index contributed by atoms with van der Waals surface area (Å²) in [5.74, 6) is 0.243. The maximum absolute atomic E-state index is 12.5. The van der Waals surface area contributed by atoms with Crippen molar-refractivity contribution in [1.29, 1.82) is 0 Å². The molecule has 0 saturated carbocycles. The summed E-state index contributed by atoms with van der Waals surface area (Å²) in [5.41, 5.74) is 0. The number of thiophene rings is 1. The van der Waals surface area contributed by atoms with Crippen molar-refractivity contribution in [3.63, 3.8) is 0 Å². The van der Waals surface area contributed by atoms with Gasteiger partial charge in [-0.2, -0.15) is 0 Å². The van der Waals surface area contributed by atoms with Crippen molar-refractivity contribution < 1.29 is 4.79 Å². The van der Waals surface area contributed by atoms with Gasteiger partial charge in [-0.25, -0.2) is 0 Å². The van der Waals surface area contributed by atoms with Crippen LogP contribution in [0.15, 0.2) is 17.5 Å². The minimum atomic E-state index is 0.243. The Morgan fingerprint density at radius 3 is 2.72 bits per heavy atom. The van der Waals surface area contributed by atoms with Crippen molar-refractivity contribution in [1.82, 2.24) is 9.80 Å². The van der Waals surface area contributed by atoms with Crippen LogP contribution < -0.4 is 0 Å². The zero-order chi connectivity index (χ0) is 12.5. The maximum Gasteiger partial charge on any atom is 0.264 e. The summed E-state index contributed by atoms with van der Waals surface area (Å²) in [7, 11) is 2.20. The third-order valence-electron chi connectivity index (χ3n) is 4.31. The van der Waals surface area contributed by atoms with Gasteiger partial charge in [-0.05, 0) is 50.7 Å². The van der Waals surface area contributed by atoms with E-state index in [1.807, 2.05) is 17.5 Å². The van der Waals surface area contributed by atoms with E-state index >= 15 is 0 Å². The van der Waals surface area contributed by atoms with E-state index in [1.165, 1.54) is 25.8 Å². The number of carbonyl (C=O) groups is 1. The van der Waals surface area contributed by atoms with Crippen LogP contribution in [-0.2, 0) is 0 Å². The molecule has 1 amide bonds. The highest BCUT2D eigenvalue weighted by Gasteiger charge is 2.38. The Morgan fingerprint density at radius 2 is 2.06 bits per heavy atom. The van der Waals surface area contributed by atoms with Gasteiger partial charge in [-0.15, -0.1) is 11.3 Å². The van der Waals surface area contributed by atoms with Crippen molar-refractivity contribution in [3.8, 4) is 0 Å². The third kappa shape index (κ3) is 2.08. The lowest BCUT2D eigenvalue weighted by Gasteiger charge is -2.33. The fourth-order valence-electron chi connectivity index (χ4n) is 3.41. The third-order valence-corrected chi connectivity index (χ3v) is 5.17. The maximum atomic E-state index is 12.5. The number of likely N-dealkylation sites (N-methyl/N-ethyl adjacent to an activating group) is 1. The smallest absolute Gasteiger partial charge is 0.264 e. The number of likely N-dealkylation sites (tertiary alicyclic amines) is 2. The molecule has 0 aliphatic carbocycles. The molecule has 0 N–H and O–H groups in total. The van der Waals surface area contributed by atoms with Crippen LogP contribution in [0.2, 0.25) is 0 Å². The molecule has 2 aliphatic heterocycles. The molecular formula is C14H20N2OS. The molecule has 1 aromatic rings. The first-order valence-corrected chi connectivity index (χ1v) is 7.70. The summed E-state index contributed by atoms with van der Waals surface area (Å²) >= 11 is 1.56. The summed E-state index contributed by atoms with van der Waals surface area (Å²) in [4.78, 5) is 17.9. The minimum Gasteiger partial charge on any atom is -0.333 e. The molecule has 98 valence electrons. The zero-order valence-electron chi connectivity index (χ0n) is 10.8. The van der Waals surface area contributed by atoms with Crippen LogP contribution in [0.1, 0.15) is 35.4 Å². The molecule has 2 aliphatic rings. The highest BCUT2D eigenvalue weighted by Crippen LogP contribution is 2.30. The topological polar surface area (TPSA) is 23.6 Å². The van der Waals surface area contributed by atoms with E-state index in [-0.39, 0.29) is 5.91 Å². The standard InChI is InChI=1S/C14H20N2OS/c1-15-8-2-5-11(15)12-6-3-9-16(12)14(17)13-7-4-10-18-13/h4,7,10-12H,2-3,5-6,8-9H2,1H3. The Hall–Kier alpha value is -0.870. The normalized spacial score (nSPS) is 29.1. The van der Waals surface area contributed by atoms with Crippen molar-refractivity contribution in [3.05, 3.63) is 22.4 Å². The first kappa shape index (κ1) is 12.2. The second-order valence-corrected chi connectivity index (χ2v) is 6.32. The number of carbonyl (C=O) groups excluding carboxylic acids is 1. The monoisotopic (exact) mass is 264 g/mol. The van der Waals surface area contributed by atoms with Crippen LogP contribution in [0.3, 0.4) is 0 Å². The van der Waals surface area contributed by atoms with Crippen LogP contribution in [-0.4, -0.2) is 47.9 Å². The van der Waals surface area contributed by atoms with Crippen LogP contribution in [0.4, 0.5) is 0 Å². The Kier molecular flexibility index (Phi) is 3.39. The Morgan fingerprint density at radius 1 is 1.28 bits per heavy atom. The van der Waals surface area contributed by atoms with Crippen LogP contribution >= 0.6 is 11.3 Å². The molecule has 3 nitrogen and oxygen atoms in total. The first-order valence-electron chi connectivity index (χ1n) is 6.82. The fourth-order valence-corrected chi connectivity index (χ4v) is 4.09. The summed E-state index contributed by atoms with van der Waals surface area (Å²) in [6.07, 6.45) is 4.85. The van der Waals surface area contributed by atoms with Gasteiger partial charge in [0.1, 0.15) is 0 Å². The molecule has 3 heterocycles. The Balaban J connectivity index is 1.77. The quantitative estimate of drug-likeness (QED) is 0.819. The zero-order valence-corrected chi connectivity index (χ0v) is 11.7. The number of amides is 1. The molecule has 2 saturated heterocycles. The van der Waals surface area contributed by atoms with Gasteiger partial charge in [0.2, 0.25) is 0 Å². The van der Waals surface area contributed by atoms with Crippen molar-refractivity contribution in [2.75, 3.05) is 20.1 Å². The molecule has 1 aromatic heterocycles. The number of hydrogen-bond donors (Lipinski definition) is 0. The number of rotatable bonds is 2. The van der Waals surface area contributed by atoms with E-state index < -0.39 is 0 Å². The summed E-state index contributed by atoms with van der Waals surface area (Å²) in [6.45, 7) is 2.12. The van der Waals surface area contributed by atoms with Crippen LogP contribution in [0, 0.1) is 0 Å². The number of nitrogens with zero attached hydrogens (tertiary/aromatic N) is 2. The molecule has 18 heavy (non-hydrogen) atoms. The van der Waals surface area contributed by atoms with E-state index in [1.54, 1.807) is 11.3 Å². The summed E-state index contributed by atoms with van der Waals surface area (Å²) < 4.78 is 0. The van der Waals surface area contributed by atoms with Gasteiger partial charge in [0.25, 0.3) is 5.91 Å². The lowest BCUT2D eigenvalue weighted by Crippen LogP contribution is -2.46. The molecule has 2 fully saturated rings. The molecule has 4 heteroatoms. The van der Waals surface area contributed by atoms with E-state index in [4.69, 9.17) is 0 Å². The van der Waals surface area contributed by atoms with Crippen molar-refractivity contribution >= 4 is 17.2 Å². The second kappa shape index (κ2) is 5.02. The molecule has 3 rings (SSSR count). The van der Waals surface area contributed by atoms with Gasteiger partial charge in [-0.1, -0.05) is 6.07 Å². The lowest BCUT2D eigenvalue weighted by molar-refractivity contribution is 0.0669. The Bertz CT molecular complexity index is 417. The van der Waals surface area contributed by atoms with Gasteiger partial charge >= 0.3 is 0 Å². The highest BCUT2D eigenvalue weighted by molar-refractivity contribution is 7.12. The van der Waals surface area contributed by atoms with Gasteiger partial charge in [0, 0.05) is 18.6 Å². The predicted octanol–water partition coefficient (Wildman–Crippen LogP) is 2.45. The van der Waals surface area contributed by atoms with Crippen LogP contribution in [0.5, 0.6) is 0 Å². The SMILES string of the molecule is CN1CCCC1C1CCCN1C(=O)c1cccs1. The van der Waals surface area contributed by atoms with Gasteiger partial charge in [-0.3, -0.25) is 4.79 Å². The Labute approximate surface area is 112 Å². The lowest BCUT2D eigenvalue weighted by atomic mass is 10.0. The molecule has 2 atom stereocenters. The van der Waals surface area contributed by atoms with Gasteiger partial charge in [0.05, 0.1) is 4.88 Å². The van der Waals surface area contributed by atoms with E-state index in [0.717, 1.165) is 17.8 Å². The van der Waals surface area contributed by atoms with Crippen LogP contribution in [0.25, 0.3) is 0 Å². The van der Waals surface area contributed by atoms with Crippen molar-refractivity contribution in [2.45, 2.75) is 37.8 Å². The van der Waals surface area contributed by atoms with Crippen molar-refractivity contribution in [2.24, 2.45) is 0 Å². The molecule has 0 radical (unpaired) electrons. The summed E-state index contributed by atoms with van der Waals surface area (Å²) in [6, 6.07) is 4.93. The molecular weight excluding hydrogens is 244 g/mol. The highest BCUT2D eigenvalue weighted by atomic mass is 32.1. The molecule has 2 unspecified atom stereocenters. The first-order chi connectivity index (χ1) is 8.77. The van der Waals surface area contributed by atoms with E-state index in [2.05, 4.69) is 16.8 Å². The van der Waals surface area contributed by atoms with E-state index in [9.17, 15) is 4.79 Å². The number of hydrogen-bond acceptors (Lipinski definition) is 3. The molecule has 0 bridgehead atoms. The fraction of sp³-hybridized carbons (Fsp3) is 0.643. The average molecular weight is 264 g/mol. The molecule has 0 aromatic carbocycles.